The molecule has 0 saturated heterocycles. The summed E-state index contributed by atoms with van der Waals surface area (Å²) in [5.74, 6) is -0.104. The molecule has 5 heteroatoms. The van der Waals surface area contributed by atoms with Crippen molar-refractivity contribution in [1.82, 2.24) is 14.7 Å². The molecule has 0 aliphatic carbocycles. The lowest BCUT2D eigenvalue weighted by atomic mass is 10.2. The quantitative estimate of drug-likeness (QED) is 0.862. The molecule has 5 nitrogen and oxygen atoms in total. The molecule has 0 fully saturated rings. The Kier molecular flexibility index (Phi) is 3.85. The van der Waals surface area contributed by atoms with E-state index < -0.39 is 6.10 Å². The Morgan fingerprint density at radius 2 is 2.26 bits per heavy atom. The predicted molar refractivity (Wildman–Crippen MR) is 73.1 cm³/mol. The minimum Gasteiger partial charge on any atom is -0.392 e. The van der Waals surface area contributed by atoms with Crippen LogP contribution >= 0.6 is 0 Å². The van der Waals surface area contributed by atoms with E-state index in [1.807, 2.05) is 36.6 Å². The molecule has 1 unspecified atom stereocenters. The predicted octanol–water partition coefficient (Wildman–Crippen LogP) is 0.991. The van der Waals surface area contributed by atoms with Crippen LogP contribution in [0.1, 0.15) is 23.9 Å². The lowest BCUT2D eigenvalue weighted by Crippen LogP contribution is -2.32. The van der Waals surface area contributed by atoms with Crippen molar-refractivity contribution in [3.63, 3.8) is 0 Å². The molecule has 0 spiro atoms. The van der Waals surface area contributed by atoms with E-state index >= 15 is 0 Å². The number of fused-ring (bicyclic) bond motifs is 1. The van der Waals surface area contributed by atoms with E-state index in [0.29, 0.717) is 0 Å². The van der Waals surface area contributed by atoms with Gasteiger partial charge in [0, 0.05) is 12.7 Å². The van der Waals surface area contributed by atoms with Crippen LogP contribution < -0.4 is 5.32 Å². The molecular weight excluding hydrogens is 242 g/mol. The van der Waals surface area contributed by atoms with Crippen LogP contribution in [-0.4, -0.2) is 33.0 Å². The summed E-state index contributed by atoms with van der Waals surface area (Å²) in [6.07, 6.45) is 1.65. The number of pyridine rings is 1. The second-order valence-corrected chi connectivity index (χ2v) is 4.86. The zero-order valence-electron chi connectivity index (χ0n) is 11.5. The molecule has 102 valence electrons. The zero-order chi connectivity index (χ0) is 14.0. The van der Waals surface area contributed by atoms with Crippen molar-refractivity contribution in [1.29, 1.82) is 0 Å². The first kappa shape index (κ1) is 13.5. The first-order valence-electron chi connectivity index (χ1n) is 6.37. The van der Waals surface area contributed by atoms with Crippen molar-refractivity contribution >= 4 is 11.6 Å². The van der Waals surface area contributed by atoms with Crippen molar-refractivity contribution in [2.75, 3.05) is 6.54 Å². The first-order valence-corrected chi connectivity index (χ1v) is 6.37. The van der Waals surface area contributed by atoms with Gasteiger partial charge in [-0.25, -0.2) is 4.98 Å². The molecule has 2 aromatic rings. The number of rotatable bonds is 4. The average molecular weight is 261 g/mol. The number of nitrogens with zero attached hydrogens (tertiary/aromatic N) is 2. The Bertz CT molecular complexity index is 602. The third-order valence-electron chi connectivity index (χ3n) is 3.07. The van der Waals surface area contributed by atoms with Gasteiger partial charge in [-0.2, -0.15) is 0 Å². The number of carbonyl (C=O) groups excluding carboxylic acids is 1. The molecule has 0 bridgehead atoms. The maximum atomic E-state index is 11.8. The third-order valence-corrected chi connectivity index (χ3v) is 3.07. The van der Waals surface area contributed by atoms with Gasteiger partial charge in [0.1, 0.15) is 5.65 Å². The molecular formula is C14H19N3O2. The number of nitrogens with one attached hydrogen (secondary N) is 1. The van der Waals surface area contributed by atoms with Crippen LogP contribution in [0.4, 0.5) is 0 Å². The van der Waals surface area contributed by atoms with Crippen LogP contribution in [-0.2, 0) is 11.2 Å². The van der Waals surface area contributed by atoms with E-state index in [9.17, 15) is 4.79 Å². The van der Waals surface area contributed by atoms with Crippen molar-refractivity contribution in [2.45, 2.75) is 33.3 Å². The number of aromatic nitrogens is 2. The van der Waals surface area contributed by atoms with Gasteiger partial charge in [0.2, 0.25) is 5.91 Å². The van der Waals surface area contributed by atoms with E-state index in [-0.39, 0.29) is 18.9 Å². The Labute approximate surface area is 112 Å². The molecule has 2 heterocycles. The van der Waals surface area contributed by atoms with E-state index in [2.05, 4.69) is 10.3 Å². The average Bonchev–Trinajstić information content (AvgIpc) is 2.66. The van der Waals surface area contributed by atoms with Crippen LogP contribution in [0.2, 0.25) is 0 Å². The first-order chi connectivity index (χ1) is 8.99. The molecule has 19 heavy (non-hydrogen) atoms. The van der Waals surface area contributed by atoms with Gasteiger partial charge in [-0.3, -0.25) is 4.79 Å². The standard InChI is InChI=1S/C14H19N3O2/c1-9-5-4-6-17-12(11(3)16-14(9)17)7-13(19)15-8-10(2)18/h4-6,10,18H,7-8H2,1-3H3,(H,15,19). The van der Waals surface area contributed by atoms with E-state index in [1.165, 1.54) is 0 Å². The summed E-state index contributed by atoms with van der Waals surface area (Å²) >= 11 is 0. The van der Waals surface area contributed by atoms with Gasteiger partial charge in [0.05, 0.1) is 23.9 Å². The molecule has 2 rings (SSSR count). The highest BCUT2D eigenvalue weighted by Gasteiger charge is 2.13. The fourth-order valence-electron chi connectivity index (χ4n) is 2.06. The molecule has 0 aliphatic heterocycles. The van der Waals surface area contributed by atoms with Gasteiger partial charge in [0.15, 0.2) is 0 Å². The van der Waals surface area contributed by atoms with Gasteiger partial charge in [-0.15, -0.1) is 0 Å². The van der Waals surface area contributed by atoms with Gasteiger partial charge in [-0.1, -0.05) is 6.07 Å². The van der Waals surface area contributed by atoms with Crippen molar-refractivity contribution in [2.24, 2.45) is 0 Å². The SMILES string of the molecule is Cc1nc2c(C)cccn2c1CC(=O)NCC(C)O. The fraction of sp³-hybridized carbons (Fsp3) is 0.429. The molecule has 0 aromatic carbocycles. The Morgan fingerprint density at radius 3 is 2.95 bits per heavy atom. The molecule has 2 aromatic heterocycles. The summed E-state index contributed by atoms with van der Waals surface area (Å²) in [5, 5.41) is 11.9. The highest BCUT2D eigenvalue weighted by molar-refractivity contribution is 5.78. The molecule has 0 aliphatic rings. The third kappa shape index (κ3) is 2.93. The number of aliphatic hydroxyl groups excluding tert-OH is 1. The highest BCUT2D eigenvalue weighted by atomic mass is 16.3. The van der Waals surface area contributed by atoms with Gasteiger partial charge in [0.25, 0.3) is 0 Å². The summed E-state index contributed by atoms with van der Waals surface area (Å²) in [4.78, 5) is 16.3. The largest absolute Gasteiger partial charge is 0.392 e. The number of aryl methyl sites for hydroxylation is 2. The molecule has 0 radical (unpaired) electrons. The molecule has 1 atom stereocenters. The summed E-state index contributed by atoms with van der Waals surface area (Å²) in [7, 11) is 0. The maximum Gasteiger partial charge on any atom is 0.226 e. The Balaban J connectivity index is 2.23. The maximum absolute atomic E-state index is 11.8. The second kappa shape index (κ2) is 5.40. The normalized spacial score (nSPS) is 12.6. The van der Waals surface area contributed by atoms with Gasteiger partial charge < -0.3 is 14.8 Å². The summed E-state index contributed by atoms with van der Waals surface area (Å²) in [6, 6.07) is 3.94. The van der Waals surface area contributed by atoms with Gasteiger partial charge >= 0.3 is 0 Å². The lowest BCUT2D eigenvalue weighted by molar-refractivity contribution is -0.120. The van der Waals surface area contributed by atoms with Crippen LogP contribution in [0, 0.1) is 13.8 Å². The monoisotopic (exact) mass is 261 g/mol. The molecule has 1 amide bonds. The van der Waals surface area contributed by atoms with Crippen LogP contribution in [0.3, 0.4) is 0 Å². The van der Waals surface area contributed by atoms with E-state index in [0.717, 1.165) is 22.6 Å². The number of hydrogen-bond acceptors (Lipinski definition) is 3. The molecule has 2 N–H and O–H groups in total. The number of carbonyl (C=O) groups is 1. The second-order valence-electron chi connectivity index (χ2n) is 4.86. The fourth-order valence-corrected chi connectivity index (χ4v) is 2.06. The van der Waals surface area contributed by atoms with E-state index in [4.69, 9.17) is 5.11 Å². The van der Waals surface area contributed by atoms with Crippen LogP contribution in [0.25, 0.3) is 5.65 Å². The zero-order valence-corrected chi connectivity index (χ0v) is 11.5. The number of hydrogen-bond donors (Lipinski definition) is 2. The van der Waals surface area contributed by atoms with Gasteiger partial charge in [-0.05, 0) is 32.4 Å². The van der Waals surface area contributed by atoms with Crippen LogP contribution in [0.5, 0.6) is 0 Å². The Morgan fingerprint density at radius 1 is 1.53 bits per heavy atom. The summed E-state index contributed by atoms with van der Waals surface area (Å²) in [5.41, 5.74) is 3.72. The van der Waals surface area contributed by atoms with Crippen molar-refractivity contribution in [3.05, 3.63) is 35.3 Å². The van der Waals surface area contributed by atoms with Crippen molar-refractivity contribution in [3.8, 4) is 0 Å². The van der Waals surface area contributed by atoms with Crippen molar-refractivity contribution < 1.29 is 9.90 Å². The number of imidazole rings is 1. The Hall–Kier alpha value is -1.88. The topological polar surface area (TPSA) is 66.6 Å². The van der Waals surface area contributed by atoms with Crippen LogP contribution in [0.15, 0.2) is 18.3 Å². The number of amides is 1. The highest BCUT2D eigenvalue weighted by Crippen LogP contribution is 2.15. The minimum absolute atomic E-state index is 0.104. The lowest BCUT2D eigenvalue weighted by Gasteiger charge is -2.07. The summed E-state index contributed by atoms with van der Waals surface area (Å²) < 4.78 is 1.95. The van der Waals surface area contributed by atoms with E-state index in [1.54, 1.807) is 6.92 Å². The molecule has 0 saturated carbocycles. The summed E-state index contributed by atoms with van der Waals surface area (Å²) in [6.45, 7) is 5.82. The minimum atomic E-state index is -0.533. The number of aliphatic hydroxyl groups is 1. The smallest absolute Gasteiger partial charge is 0.226 e.